The number of carbonyl (C=O) groups is 1. The molecule has 0 spiro atoms. The molecule has 3 nitrogen and oxygen atoms in total. The molecular weight excluding hydrogens is 240 g/mol. The highest BCUT2D eigenvalue weighted by atomic mass is 32.1. The molecule has 0 fully saturated rings. The van der Waals surface area contributed by atoms with Crippen LogP contribution >= 0.6 is 22.7 Å². The minimum Gasteiger partial charge on any atom is -0.298 e. The van der Waals surface area contributed by atoms with Crippen LogP contribution in [0.2, 0.25) is 0 Å². The first-order valence-corrected chi connectivity index (χ1v) is 6.78. The highest BCUT2D eigenvalue weighted by Gasteiger charge is 2.10. The Bertz CT molecular complexity index is 474. The van der Waals surface area contributed by atoms with Gasteiger partial charge in [-0.2, -0.15) is 11.3 Å². The van der Waals surface area contributed by atoms with Crippen molar-refractivity contribution in [2.45, 2.75) is 19.8 Å². The molecule has 2 heterocycles. The molecule has 16 heavy (non-hydrogen) atoms. The molecule has 0 saturated carbocycles. The summed E-state index contributed by atoms with van der Waals surface area (Å²) in [5.41, 5.74) is 1.71. The van der Waals surface area contributed by atoms with E-state index in [1.165, 1.54) is 22.7 Å². The summed E-state index contributed by atoms with van der Waals surface area (Å²) in [5, 5.41) is 9.15. The Kier molecular flexibility index (Phi) is 3.36. The molecule has 0 aliphatic heterocycles. The van der Waals surface area contributed by atoms with Crippen molar-refractivity contribution in [2.75, 3.05) is 5.32 Å². The first-order valence-electron chi connectivity index (χ1n) is 4.96. The molecular formula is C11H12N2OS2. The van der Waals surface area contributed by atoms with Crippen LogP contribution in [0, 0.1) is 0 Å². The Hall–Kier alpha value is -1.20. The van der Waals surface area contributed by atoms with Gasteiger partial charge in [0.25, 0.3) is 5.91 Å². The zero-order valence-electron chi connectivity index (χ0n) is 9.06. The Morgan fingerprint density at radius 1 is 1.44 bits per heavy atom. The van der Waals surface area contributed by atoms with Crippen molar-refractivity contribution < 1.29 is 4.79 Å². The predicted molar refractivity (Wildman–Crippen MR) is 68.5 cm³/mol. The van der Waals surface area contributed by atoms with E-state index in [9.17, 15) is 4.79 Å². The van der Waals surface area contributed by atoms with Gasteiger partial charge in [-0.3, -0.25) is 10.1 Å². The second-order valence-electron chi connectivity index (χ2n) is 3.70. The molecule has 0 atom stereocenters. The van der Waals surface area contributed by atoms with Crippen molar-refractivity contribution in [3.05, 3.63) is 33.5 Å². The fraction of sp³-hybridized carbons (Fsp3) is 0.273. The van der Waals surface area contributed by atoms with Crippen molar-refractivity contribution in [1.29, 1.82) is 0 Å². The van der Waals surface area contributed by atoms with Crippen molar-refractivity contribution >= 4 is 33.7 Å². The molecule has 0 aromatic carbocycles. The molecule has 1 amide bonds. The van der Waals surface area contributed by atoms with Gasteiger partial charge in [0.2, 0.25) is 0 Å². The van der Waals surface area contributed by atoms with E-state index in [-0.39, 0.29) is 5.91 Å². The van der Waals surface area contributed by atoms with Crippen LogP contribution in [-0.4, -0.2) is 10.9 Å². The van der Waals surface area contributed by atoms with E-state index in [0.29, 0.717) is 16.6 Å². The maximum absolute atomic E-state index is 11.7. The normalized spacial score (nSPS) is 10.7. The second-order valence-corrected chi connectivity index (χ2v) is 5.34. The van der Waals surface area contributed by atoms with Crippen LogP contribution in [0.15, 0.2) is 22.2 Å². The molecule has 2 aromatic rings. The Morgan fingerprint density at radius 2 is 2.25 bits per heavy atom. The van der Waals surface area contributed by atoms with Crippen LogP contribution in [0.4, 0.5) is 5.13 Å². The summed E-state index contributed by atoms with van der Waals surface area (Å²) in [6.07, 6.45) is 0. The van der Waals surface area contributed by atoms with E-state index < -0.39 is 0 Å². The third kappa shape index (κ3) is 2.48. The third-order valence-corrected chi connectivity index (χ3v) is 3.58. The predicted octanol–water partition coefficient (Wildman–Crippen LogP) is 3.58. The smallest absolute Gasteiger partial charge is 0.258 e. The number of anilines is 1. The summed E-state index contributed by atoms with van der Waals surface area (Å²) in [4.78, 5) is 16.1. The topological polar surface area (TPSA) is 42.0 Å². The number of thiophene rings is 1. The summed E-state index contributed by atoms with van der Waals surface area (Å²) < 4.78 is 0. The lowest BCUT2D eigenvalue weighted by molar-refractivity contribution is 0.102. The number of amides is 1. The summed E-state index contributed by atoms with van der Waals surface area (Å²) in [6.45, 7) is 4.17. The lowest BCUT2D eigenvalue weighted by Crippen LogP contribution is -2.10. The first-order chi connectivity index (χ1) is 7.66. The maximum atomic E-state index is 11.7. The quantitative estimate of drug-likeness (QED) is 0.907. The molecule has 0 bridgehead atoms. The number of carbonyl (C=O) groups excluding carboxylic acids is 1. The van der Waals surface area contributed by atoms with Crippen LogP contribution in [-0.2, 0) is 0 Å². The van der Waals surface area contributed by atoms with Crippen LogP contribution in [0.1, 0.15) is 35.8 Å². The van der Waals surface area contributed by atoms with Crippen LogP contribution < -0.4 is 5.32 Å². The molecule has 5 heteroatoms. The number of aromatic nitrogens is 1. The zero-order chi connectivity index (χ0) is 11.5. The minimum atomic E-state index is -0.0918. The van der Waals surface area contributed by atoms with Gasteiger partial charge in [0.05, 0.1) is 11.3 Å². The van der Waals surface area contributed by atoms with Gasteiger partial charge in [-0.05, 0) is 17.4 Å². The van der Waals surface area contributed by atoms with E-state index in [4.69, 9.17) is 0 Å². The molecule has 2 aromatic heterocycles. The fourth-order valence-electron chi connectivity index (χ4n) is 1.17. The van der Waals surface area contributed by atoms with E-state index in [2.05, 4.69) is 24.1 Å². The van der Waals surface area contributed by atoms with Gasteiger partial charge in [0.1, 0.15) is 0 Å². The number of nitrogens with one attached hydrogen (secondary N) is 1. The fourth-order valence-corrected chi connectivity index (χ4v) is 2.67. The summed E-state index contributed by atoms with van der Waals surface area (Å²) >= 11 is 2.97. The van der Waals surface area contributed by atoms with Gasteiger partial charge in [-0.25, -0.2) is 4.98 Å². The van der Waals surface area contributed by atoms with Gasteiger partial charge in [0.15, 0.2) is 5.13 Å². The van der Waals surface area contributed by atoms with Gasteiger partial charge in [-0.1, -0.05) is 13.8 Å². The first kappa shape index (κ1) is 11.3. The molecule has 1 N–H and O–H groups in total. The lowest BCUT2D eigenvalue weighted by atomic mass is 10.2. The summed E-state index contributed by atoms with van der Waals surface area (Å²) in [7, 11) is 0. The molecule has 0 saturated heterocycles. The SMILES string of the molecule is CC(C)c1csc(NC(=O)c2ccsc2)n1. The monoisotopic (exact) mass is 252 g/mol. The molecule has 2 rings (SSSR count). The van der Waals surface area contributed by atoms with Crippen LogP contribution in [0.3, 0.4) is 0 Å². The molecule has 0 unspecified atom stereocenters. The Balaban J connectivity index is 2.07. The van der Waals surface area contributed by atoms with Crippen molar-refractivity contribution in [3.8, 4) is 0 Å². The molecule has 0 aliphatic carbocycles. The minimum absolute atomic E-state index is 0.0918. The number of nitrogens with zero attached hydrogens (tertiary/aromatic N) is 1. The van der Waals surface area contributed by atoms with Gasteiger partial charge < -0.3 is 0 Å². The van der Waals surface area contributed by atoms with E-state index in [1.54, 1.807) is 6.07 Å². The number of hydrogen-bond acceptors (Lipinski definition) is 4. The van der Waals surface area contributed by atoms with Crippen LogP contribution in [0.25, 0.3) is 0 Å². The molecule has 84 valence electrons. The molecule has 0 radical (unpaired) electrons. The van der Waals surface area contributed by atoms with E-state index in [0.717, 1.165) is 5.69 Å². The standard InChI is InChI=1S/C11H12N2OS2/c1-7(2)9-6-16-11(12-9)13-10(14)8-3-4-15-5-8/h3-7H,1-2H3,(H,12,13,14). The highest BCUT2D eigenvalue weighted by Crippen LogP contribution is 2.22. The number of thiazole rings is 1. The van der Waals surface area contributed by atoms with E-state index in [1.807, 2.05) is 16.1 Å². The van der Waals surface area contributed by atoms with Crippen molar-refractivity contribution in [1.82, 2.24) is 4.98 Å². The van der Waals surface area contributed by atoms with Gasteiger partial charge in [0, 0.05) is 10.8 Å². The van der Waals surface area contributed by atoms with E-state index >= 15 is 0 Å². The largest absolute Gasteiger partial charge is 0.298 e. The van der Waals surface area contributed by atoms with Crippen molar-refractivity contribution in [2.24, 2.45) is 0 Å². The molecule has 0 aliphatic rings. The van der Waals surface area contributed by atoms with Gasteiger partial charge >= 0.3 is 0 Å². The van der Waals surface area contributed by atoms with Gasteiger partial charge in [-0.15, -0.1) is 11.3 Å². The Labute approximate surface area is 102 Å². The lowest BCUT2D eigenvalue weighted by Gasteiger charge is -1.99. The van der Waals surface area contributed by atoms with Crippen molar-refractivity contribution in [3.63, 3.8) is 0 Å². The second kappa shape index (κ2) is 4.76. The number of hydrogen-bond donors (Lipinski definition) is 1. The van der Waals surface area contributed by atoms with Crippen LogP contribution in [0.5, 0.6) is 0 Å². The summed E-state index contributed by atoms with van der Waals surface area (Å²) in [5.74, 6) is 0.300. The zero-order valence-corrected chi connectivity index (χ0v) is 10.7. The number of rotatable bonds is 3. The summed E-state index contributed by atoms with van der Waals surface area (Å²) in [6, 6.07) is 1.80. The Morgan fingerprint density at radius 3 is 2.81 bits per heavy atom. The third-order valence-electron chi connectivity index (χ3n) is 2.12. The average molecular weight is 252 g/mol. The highest BCUT2D eigenvalue weighted by molar-refractivity contribution is 7.14. The average Bonchev–Trinajstić information content (AvgIpc) is 2.87. The maximum Gasteiger partial charge on any atom is 0.258 e.